The predicted octanol–water partition coefficient (Wildman–Crippen LogP) is 5.31. The second-order valence-electron chi connectivity index (χ2n) is 9.43. The predicted molar refractivity (Wildman–Crippen MR) is 130 cm³/mol. The molecule has 0 spiro atoms. The topological polar surface area (TPSA) is 46.2 Å². The van der Waals surface area contributed by atoms with Gasteiger partial charge in [-0.05, 0) is 35.1 Å². The fourth-order valence-corrected chi connectivity index (χ4v) is 5.52. The molecule has 0 saturated carbocycles. The van der Waals surface area contributed by atoms with Crippen LogP contribution >= 0.6 is 8.15 Å². The number of hydrogen-bond donors (Lipinski definition) is 0. The molecule has 0 saturated heterocycles. The first-order valence-electron chi connectivity index (χ1n) is 10.3. The SMILES string of the molecule is COc1cc(P(OC)c2cc(OC)cc(C(C)(C)C)c2OC)c(OC)c(C(C)(C)C)c1. The Bertz CT molecular complexity index is 836. The molecule has 0 aliphatic heterocycles. The van der Waals surface area contributed by atoms with Crippen molar-refractivity contribution in [1.29, 1.82) is 0 Å². The van der Waals surface area contributed by atoms with Crippen molar-refractivity contribution in [2.24, 2.45) is 0 Å². The minimum Gasteiger partial charge on any atom is -0.497 e. The third-order valence-corrected chi connectivity index (χ3v) is 7.11. The minimum absolute atomic E-state index is 0.140. The molecule has 0 aromatic heterocycles. The van der Waals surface area contributed by atoms with Gasteiger partial charge in [0.25, 0.3) is 0 Å². The quantitative estimate of drug-likeness (QED) is 0.537. The van der Waals surface area contributed by atoms with Gasteiger partial charge in [0, 0.05) is 18.2 Å². The van der Waals surface area contributed by atoms with Gasteiger partial charge in [0.15, 0.2) is 0 Å². The lowest BCUT2D eigenvalue weighted by Crippen LogP contribution is -2.24. The Labute approximate surface area is 188 Å². The summed E-state index contributed by atoms with van der Waals surface area (Å²) in [5, 5.41) is 1.88. The average molecular weight is 449 g/mol. The molecule has 31 heavy (non-hydrogen) atoms. The Hall–Kier alpha value is -1.97. The Kier molecular flexibility index (Phi) is 7.89. The van der Waals surface area contributed by atoms with Crippen molar-refractivity contribution in [3.8, 4) is 23.0 Å². The van der Waals surface area contributed by atoms with E-state index in [-0.39, 0.29) is 10.8 Å². The normalized spacial score (nSPS) is 12.1. The average Bonchev–Trinajstić information content (AvgIpc) is 2.71. The highest BCUT2D eigenvalue weighted by Crippen LogP contribution is 2.47. The monoisotopic (exact) mass is 448 g/mol. The van der Waals surface area contributed by atoms with Crippen LogP contribution in [0.4, 0.5) is 0 Å². The molecule has 2 rings (SSSR count). The van der Waals surface area contributed by atoms with E-state index in [2.05, 4.69) is 41.5 Å². The van der Waals surface area contributed by atoms with E-state index in [0.717, 1.165) is 44.7 Å². The van der Waals surface area contributed by atoms with E-state index in [1.807, 2.05) is 24.3 Å². The maximum Gasteiger partial charge on any atom is 0.133 e. The van der Waals surface area contributed by atoms with Gasteiger partial charge in [0.1, 0.15) is 23.0 Å². The largest absolute Gasteiger partial charge is 0.497 e. The smallest absolute Gasteiger partial charge is 0.133 e. The van der Waals surface area contributed by atoms with E-state index < -0.39 is 8.15 Å². The van der Waals surface area contributed by atoms with Crippen molar-refractivity contribution >= 4 is 18.8 Å². The lowest BCUT2D eigenvalue weighted by Gasteiger charge is -2.30. The van der Waals surface area contributed by atoms with Gasteiger partial charge in [0.2, 0.25) is 0 Å². The van der Waals surface area contributed by atoms with Crippen molar-refractivity contribution < 1.29 is 23.5 Å². The van der Waals surface area contributed by atoms with E-state index in [0.29, 0.717) is 0 Å². The molecule has 5 nitrogen and oxygen atoms in total. The van der Waals surface area contributed by atoms with Crippen LogP contribution in [-0.2, 0) is 15.4 Å². The first-order valence-corrected chi connectivity index (χ1v) is 11.6. The molecule has 0 N–H and O–H groups in total. The number of rotatable bonds is 7. The lowest BCUT2D eigenvalue weighted by molar-refractivity contribution is 0.388. The van der Waals surface area contributed by atoms with Crippen LogP contribution < -0.4 is 29.6 Å². The molecule has 2 aromatic carbocycles. The fourth-order valence-electron chi connectivity index (χ4n) is 3.58. The molecular weight excluding hydrogens is 411 g/mol. The van der Waals surface area contributed by atoms with Crippen molar-refractivity contribution in [3.05, 3.63) is 35.4 Å². The Morgan fingerprint density at radius 2 is 0.903 bits per heavy atom. The van der Waals surface area contributed by atoms with Crippen LogP contribution in [0.3, 0.4) is 0 Å². The molecule has 0 atom stereocenters. The molecule has 0 aliphatic carbocycles. The zero-order valence-electron chi connectivity index (χ0n) is 20.8. The molecule has 0 radical (unpaired) electrons. The highest BCUT2D eigenvalue weighted by Gasteiger charge is 2.32. The summed E-state index contributed by atoms with van der Waals surface area (Å²) in [5.74, 6) is 3.15. The van der Waals surface area contributed by atoms with Gasteiger partial charge < -0.3 is 23.5 Å². The summed E-state index contributed by atoms with van der Waals surface area (Å²) >= 11 is 0. The number of methoxy groups -OCH3 is 4. The Morgan fingerprint density at radius 3 is 1.13 bits per heavy atom. The van der Waals surface area contributed by atoms with Crippen LogP contribution in [0.5, 0.6) is 23.0 Å². The number of benzene rings is 2. The van der Waals surface area contributed by atoms with Gasteiger partial charge in [-0.25, -0.2) is 0 Å². The van der Waals surface area contributed by atoms with Crippen LogP contribution in [0, 0.1) is 0 Å². The molecule has 172 valence electrons. The fraction of sp³-hybridized carbons (Fsp3) is 0.520. The summed E-state index contributed by atoms with van der Waals surface area (Å²) in [6.45, 7) is 13.0. The standard InChI is InChI=1S/C25H37O5P/c1-24(2,3)18-12-16(26-7)14-20(22(18)28-9)31(30-11)21-15-17(27-8)13-19(23(21)29-10)25(4,5)6/h12-15H,1-11H3. The summed E-state index contributed by atoms with van der Waals surface area (Å²) in [4.78, 5) is 0. The molecule has 0 unspecified atom stereocenters. The van der Waals surface area contributed by atoms with Gasteiger partial charge in [-0.1, -0.05) is 41.5 Å². The van der Waals surface area contributed by atoms with E-state index in [4.69, 9.17) is 23.5 Å². The van der Waals surface area contributed by atoms with Crippen LogP contribution in [0.15, 0.2) is 24.3 Å². The summed E-state index contributed by atoms with van der Waals surface area (Å²) in [7, 11) is 7.19. The van der Waals surface area contributed by atoms with E-state index in [1.165, 1.54) is 0 Å². The van der Waals surface area contributed by atoms with Crippen LogP contribution in [0.2, 0.25) is 0 Å². The summed E-state index contributed by atoms with van der Waals surface area (Å²) in [6, 6.07) is 8.07. The van der Waals surface area contributed by atoms with Crippen molar-refractivity contribution in [2.75, 3.05) is 35.5 Å². The van der Waals surface area contributed by atoms with Gasteiger partial charge in [0.05, 0.1) is 47.2 Å². The van der Waals surface area contributed by atoms with Crippen LogP contribution in [-0.4, -0.2) is 35.5 Å². The number of hydrogen-bond acceptors (Lipinski definition) is 5. The maximum atomic E-state index is 6.14. The molecule has 0 bridgehead atoms. The zero-order chi connectivity index (χ0) is 23.6. The van der Waals surface area contributed by atoms with Crippen molar-refractivity contribution in [3.63, 3.8) is 0 Å². The second kappa shape index (κ2) is 9.67. The van der Waals surface area contributed by atoms with Gasteiger partial charge in [-0.3, -0.25) is 0 Å². The molecule has 2 aromatic rings. The highest BCUT2D eigenvalue weighted by molar-refractivity contribution is 7.69. The molecule has 0 amide bonds. The summed E-state index contributed by atoms with van der Waals surface area (Å²) in [5.41, 5.74) is 1.84. The first kappa shape index (κ1) is 25.3. The third-order valence-electron chi connectivity index (χ3n) is 5.20. The summed E-state index contributed by atoms with van der Waals surface area (Å²) in [6.07, 6.45) is 0. The molecule has 0 aliphatic rings. The van der Waals surface area contributed by atoms with Crippen LogP contribution in [0.25, 0.3) is 0 Å². The first-order chi connectivity index (χ1) is 14.4. The van der Waals surface area contributed by atoms with E-state index in [1.54, 1.807) is 35.5 Å². The second-order valence-corrected chi connectivity index (χ2v) is 11.3. The molecule has 0 heterocycles. The molecule has 6 heteroatoms. The van der Waals surface area contributed by atoms with E-state index >= 15 is 0 Å². The highest BCUT2D eigenvalue weighted by atomic mass is 31.1. The zero-order valence-corrected chi connectivity index (χ0v) is 21.7. The Balaban J connectivity index is 2.91. The minimum atomic E-state index is -1.28. The van der Waals surface area contributed by atoms with Crippen LogP contribution in [0.1, 0.15) is 52.7 Å². The number of ether oxygens (including phenoxy) is 4. The van der Waals surface area contributed by atoms with Gasteiger partial charge >= 0.3 is 0 Å². The maximum absolute atomic E-state index is 6.14. The third kappa shape index (κ3) is 5.27. The van der Waals surface area contributed by atoms with Gasteiger partial charge in [-0.2, -0.15) is 0 Å². The summed E-state index contributed by atoms with van der Waals surface area (Å²) < 4.78 is 29.3. The molecule has 0 fully saturated rings. The van der Waals surface area contributed by atoms with Crippen molar-refractivity contribution in [2.45, 2.75) is 52.4 Å². The lowest BCUT2D eigenvalue weighted by atomic mass is 9.86. The van der Waals surface area contributed by atoms with Crippen molar-refractivity contribution in [1.82, 2.24) is 0 Å². The Morgan fingerprint density at radius 1 is 0.548 bits per heavy atom. The van der Waals surface area contributed by atoms with E-state index in [9.17, 15) is 0 Å². The van der Waals surface area contributed by atoms with Gasteiger partial charge in [-0.15, -0.1) is 0 Å². The molecular formula is C25H37O5P.